The molecule has 0 saturated heterocycles. The molecular weight excluding hydrogens is 310 g/mol. The van der Waals surface area contributed by atoms with Gasteiger partial charge >= 0.3 is 0 Å². The van der Waals surface area contributed by atoms with E-state index < -0.39 is 0 Å². The Kier molecular flexibility index (Phi) is 5.32. The topological polar surface area (TPSA) is 46.2 Å². The molecule has 1 aliphatic carbocycles. The number of rotatable bonds is 7. The first-order valence-corrected chi connectivity index (χ1v) is 8.99. The van der Waals surface area contributed by atoms with Crippen LogP contribution in [0.4, 0.5) is 0 Å². The maximum Gasteiger partial charge on any atom is 0.220 e. The smallest absolute Gasteiger partial charge is 0.220 e. The number of carbonyl (C=O) groups excluding carboxylic acids is 2. The van der Waals surface area contributed by atoms with Crippen molar-refractivity contribution in [3.8, 4) is 0 Å². The van der Waals surface area contributed by atoms with Crippen molar-refractivity contribution in [3.63, 3.8) is 0 Å². The van der Waals surface area contributed by atoms with Crippen LogP contribution in [0.25, 0.3) is 0 Å². The van der Waals surface area contributed by atoms with Crippen LogP contribution >= 0.6 is 0 Å². The molecule has 0 heterocycles. The molecule has 0 radical (unpaired) electrons. The van der Waals surface area contributed by atoms with Gasteiger partial charge in [-0.3, -0.25) is 9.59 Å². The summed E-state index contributed by atoms with van der Waals surface area (Å²) >= 11 is 0. The Morgan fingerprint density at radius 2 is 1.68 bits per heavy atom. The Balaban J connectivity index is 1.57. The van der Waals surface area contributed by atoms with E-state index in [4.69, 9.17) is 0 Å². The van der Waals surface area contributed by atoms with E-state index in [1.165, 1.54) is 0 Å². The molecular formula is C22H25NO2. The summed E-state index contributed by atoms with van der Waals surface area (Å²) in [6.07, 6.45) is 1.62. The lowest BCUT2D eigenvalue weighted by Crippen LogP contribution is -2.30. The third-order valence-electron chi connectivity index (χ3n) is 5.03. The molecule has 3 rings (SSSR count). The second kappa shape index (κ2) is 7.64. The summed E-state index contributed by atoms with van der Waals surface area (Å²) in [4.78, 5) is 24.6. The average molecular weight is 335 g/mol. The molecule has 2 aromatic rings. The molecule has 1 saturated carbocycles. The molecule has 2 aromatic carbocycles. The molecule has 0 bridgehead atoms. The molecule has 0 spiro atoms. The van der Waals surface area contributed by atoms with Crippen LogP contribution in [0.1, 0.15) is 53.7 Å². The first-order valence-electron chi connectivity index (χ1n) is 8.99. The highest BCUT2D eigenvalue weighted by molar-refractivity contribution is 5.98. The van der Waals surface area contributed by atoms with Crippen molar-refractivity contribution in [1.82, 2.24) is 5.32 Å². The molecule has 3 heteroatoms. The zero-order chi connectivity index (χ0) is 17.8. The maximum atomic E-state index is 12.4. The summed E-state index contributed by atoms with van der Waals surface area (Å²) in [5.74, 6) is 1.11. The second-order valence-electron chi connectivity index (χ2n) is 7.12. The summed E-state index contributed by atoms with van der Waals surface area (Å²) in [7, 11) is 0. The quantitative estimate of drug-likeness (QED) is 0.759. The predicted molar refractivity (Wildman–Crippen MR) is 99.3 cm³/mol. The molecule has 3 unspecified atom stereocenters. The molecule has 0 aliphatic heterocycles. The molecule has 3 atom stereocenters. The number of Topliss-reactive ketones (excluding diaryl/α,β-unsaturated/α-hetero) is 1. The molecule has 1 fully saturated rings. The Bertz CT molecular complexity index is 736. The number of hydrogen-bond acceptors (Lipinski definition) is 2. The van der Waals surface area contributed by atoms with Crippen LogP contribution < -0.4 is 5.32 Å². The van der Waals surface area contributed by atoms with Crippen molar-refractivity contribution in [2.24, 2.45) is 11.8 Å². The first-order chi connectivity index (χ1) is 12.0. The zero-order valence-electron chi connectivity index (χ0n) is 14.9. The SMILES string of the molecule is Cc1ccc(C(=O)CCC(=O)NC(c2ccccc2)C2CC2C)cc1. The van der Waals surface area contributed by atoms with Gasteiger partial charge in [0, 0.05) is 18.4 Å². The summed E-state index contributed by atoms with van der Waals surface area (Å²) in [5.41, 5.74) is 2.95. The molecule has 130 valence electrons. The Morgan fingerprint density at radius 3 is 2.28 bits per heavy atom. The fraction of sp³-hybridized carbons (Fsp3) is 0.364. The van der Waals surface area contributed by atoms with E-state index >= 15 is 0 Å². The average Bonchev–Trinajstić information content (AvgIpc) is 3.35. The van der Waals surface area contributed by atoms with E-state index in [0.717, 1.165) is 17.5 Å². The highest BCUT2D eigenvalue weighted by Crippen LogP contribution is 2.46. The van der Waals surface area contributed by atoms with Crippen molar-refractivity contribution in [2.45, 2.75) is 39.2 Å². The van der Waals surface area contributed by atoms with Crippen LogP contribution in [0.3, 0.4) is 0 Å². The number of hydrogen-bond donors (Lipinski definition) is 1. The molecule has 0 aromatic heterocycles. The minimum absolute atomic E-state index is 0.0196. The fourth-order valence-corrected chi connectivity index (χ4v) is 3.27. The lowest BCUT2D eigenvalue weighted by Gasteiger charge is -2.19. The maximum absolute atomic E-state index is 12.4. The Hall–Kier alpha value is -2.42. The summed E-state index contributed by atoms with van der Waals surface area (Å²) in [5, 5.41) is 3.15. The lowest BCUT2D eigenvalue weighted by molar-refractivity contribution is -0.122. The van der Waals surface area contributed by atoms with Gasteiger partial charge in [0.05, 0.1) is 6.04 Å². The van der Waals surface area contributed by atoms with Crippen molar-refractivity contribution >= 4 is 11.7 Å². The van der Waals surface area contributed by atoms with Crippen LogP contribution in [0, 0.1) is 18.8 Å². The zero-order valence-corrected chi connectivity index (χ0v) is 14.9. The summed E-state index contributed by atoms with van der Waals surface area (Å²) < 4.78 is 0. The van der Waals surface area contributed by atoms with Gasteiger partial charge in [-0.05, 0) is 30.7 Å². The van der Waals surface area contributed by atoms with Gasteiger partial charge in [0.15, 0.2) is 5.78 Å². The van der Waals surface area contributed by atoms with Crippen molar-refractivity contribution in [3.05, 3.63) is 71.3 Å². The van der Waals surface area contributed by atoms with Gasteiger partial charge in [-0.2, -0.15) is 0 Å². The Labute approximate surface area is 149 Å². The van der Waals surface area contributed by atoms with Crippen LogP contribution in [0.5, 0.6) is 0 Å². The van der Waals surface area contributed by atoms with Crippen molar-refractivity contribution < 1.29 is 9.59 Å². The second-order valence-corrected chi connectivity index (χ2v) is 7.12. The number of nitrogens with one attached hydrogen (secondary N) is 1. The van der Waals surface area contributed by atoms with Gasteiger partial charge in [0.2, 0.25) is 5.91 Å². The number of aryl methyl sites for hydroxylation is 1. The number of ketones is 1. The molecule has 25 heavy (non-hydrogen) atoms. The number of benzene rings is 2. The van der Waals surface area contributed by atoms with Gasteiger partial charge in [-0.15, -0.1) is 0 Å². The van der Waals surface area contributed by atoms with Crippen molar-refractivity contribution in [1.29, 1.82) is 0 Å². The highest BCUT2D eigenvalue weighted by Gasteiger charge is 2.40. The van der Waals surface area contributed by atoms with E-state index in [2.05, 4.69) is 24.4 Å². The first kappa shape index (κ1) is 17.4. The predicted octanol–water partition coefficient (Wildman–Crippen LogP) is 4.47. The summed E-state index contributed by atoms with van der Waals surface area (Å²) in [6.45, 7) is 4.21. The minimum Gasteiger partial charge on any atom is -0.349 e. The van der Waals surface area contributed by atoms with Gasteiger partial charge < -0.3 is 5.32 Å². The minimum atomic E-state index is -0.0478. The van der Waals surface area contributed by atoms with E-state index in [-0.39, 0.29) is 30.6 Å². The monoisotopic (exact) mass is 335 g/mol. The van der Waals surface area contributed by atoms with Crippen LogP contribution in [-0.2, 0) is 4.79 Å². The normalized spacial score (nSPS) is 19.9. The molecule has 1 aliphatic rings. The van der Waals surface area contributed by atoms with Gasteiger partial charge in [0.25, 0.3) is 0 Å². The van der Waals surface area contributed by atoms with E-state index in [9.17, 15) is 9.59 Å². The van der Waals surface area contributed by atoms with Gasteiger partial charge in [-0.25, -0.2) is 0 Å². The van der Waals surface area contributed by atoms with Crippen LogP contribution in [0.15, 0.2) is 54.6 Å². The van der Waals surface area contributed by atoms with Crippen LogP contribution in [0.2, 0.25) is 0 Å². The van der Waals surface area contributed by atoms with E-state index in [1.807, 2.05) is 49.4 Å². The highest BCUT2D eigenvalue weighted by atomic mass is 16.2. The fourth-order valence-electron chi connectivity index (χ4n) is 3.27. The standard InChI is InChI=1S/C22H25NO2/c1-15-8-10-17(11-9-15)20(24)12-13-21(25)23-22(19-14-16(19)2)18-6-4-3-5-7-18/h3-11,16,19,22H,12-14H2,1-2H3,(H,23,25). The van der Waals surface area contributed by atoms with Gasteiger partial charge in [0.1, 0.15) is 0 Å². The summed E-state index contributed by atoms with van der Waals surface area (Å²) in [6, 6.07) is 17.7. The third-order valence-corrected chi connectivity index (χ3v) is 5.03. The number of amides is 1. The molecule has 3 nitrogen and oxygen atoms in total. The lowest BCUT2D eigenvalue weighted by atomic mass is 10.0. The molecule has 1 N–H and O–H groups in total. The van der Waals surface area contributed by atoms with Crippen LogP contribution in [-0.4, -0.2) is 11.7 Å². The van der Waals surface area contributed by atoms with Gasteiger partial charge in [-0.1, -0.05) is 67.1 Å². The Morgan fingerprint density at radius 1 is 1.04 bits per heavy atom. The number of carbonyl (C=O) groups is 2. The van der Waals surface area contributed by atoms with E-state index in [1.54, 1.807) is 0 Å². The van der Waals surface area contributed by atoms with Crippen molar-refractivity contribution in [2.75, 3.05) is 0 Å². The largest absolute Gasteiger partial charge is 0.349 e. The van der Waals surface area contributed by atoms with E-state index in [0.29, 0.717) is 17.4 Å². The molecule has 1 amide bonds. The third kappa shape index (κ3) is 4.56.